The van der Waals surface area contributed by atoms with Crippen LogP contribution in [0.2, 0.25) is 0 Å². The summed E-state index contributed by atoms with van der Waals surface area (Å²) in [5.41, 5.74) is 4.03. The first kappa shape index (κ1) is 21.7. The number of hydrogen-bond donors (Lipinski definition) is 0. The zero-order valence-corrected chi connectivity index (χ0v) is 19.5. The van der Waals surface area contributed by atoms with E-state index in [4.69, 9.17) is 4.98 Å². The Bertz CT molecular complexity index is 1170. The number of anilines is 1. The standard InChI is InChI=1S/C27H32N4O2/c1-3-20-11-13-22(14-12-20)30-17-21(16-25(30)32)27-28-23-9-4-5-10-24(23)31(27)18-26(33)29-15-7-6-8-19(29)2/h4-5,9-14,19,21H,3,6-8,15-18H2,1-2H3. The summed E-state index contributed by atoms with van der Waals surface area (Å²) >= 11 is 0. The van der Waals surface area contributed by atoms with Crippen LogP contribution < -0.4 is 4.90 Å². The van der Waals surface area contributed by atoms with Crippen LogP contribution in [0.3, 0.4) is 0 Å². The normalized spacial score (nSPS) is 21.2. The number of carbonyl (C=O) groups excluding carboxylic acids is 2. The van der Waals surface area contributed by atoms with Gasteiger partial charge < -0.3 is 14.4 Å². The number of amides is 2. The molecule has 2 aliphatic rings. The van der Waals surface area contributed by atoms with Gasteiger partial charge in [-0.2, -0.15) is 0 Å². The molecule has 172 valence electrons. The molecule has 3 aromatic rings. The van der Waals surface area contributed by atoms with Crippen molar-refractivity contribution in [3.05, 3.63) is 59.9 Å². The Hall–Kier alpha value is -3.15. The lowest BCUT2D eigenvalue weighted by Crippen LogP contribution is -2.43. The van der Waals surface area contributed by atoms with Crippen LogP contribution in [0, 0.1) is 0 Å². The number of aryl methyl sites for hydroxylation is 1. The summed E-state index contributed by atoms with van der Waals surface area (Å²) in [4.78, 5) is 35.1. The fraction of sp³-hybridized carbons (Fsp3) is 0.444. The van der Waals surface area contributed by atoms with E-state index in [1.165, 1.54) is 12.0 Å². The van der Waals surface area contributed by atoms with Gasteiger partial charge in [-0.3, -0.25) is 9.59 Å². The van der Waals surface area contributed by atoms with Crippen molar-refractivity contribution in [2.45, 2.75) is 64.5 Å². The van der Waals surface area contributed by atoms with Gasteiger partial charge in [-0.25, -0.2) is 4.98 Å². The number of imidazole rings is 1. The smallest absolute Gasteiger partial charge is 0.242 e. The van der Waals surface area contributed by atoms with E-state index in [1.807, 2.05) is 46.2 Å². The molecule has 6 nitrogen and oxygen atoms in total. The molecule has 1 aromatic heterocycles. The van der Waals surface area contributed by atoms with Crippen molar-refractivity contribution in [2.75, 3.05) is 18.0 Å². The minimum atomic E-state index is -0.0395. The van der Waals surface area contributed by atoms with Gasteiger partial charge in [0.2, 0.25) is 11.8 Å². The zero-order valence-electron chi connectivity index (χ0n) is 19.5. The third-order valence-corrected chi connectivity index (χ3v) is 7.25. The molecule has 0 saturated carbocycles. The molecule has 2 amide bonds. The molecule has 3 heterocycles. The van der Waals surface area contributed by atoms with Crippen LogP contribution in [0.25, 0.3) is 11.0 Å². The first-order chi connectivity index (χ1) is 16.0. The number of para-hydroxylation sites is 2. The summed E-state index contributed by atoms with van der Waals surface area (Å²) in [5.74, 6) is 1.05. The maximum absolute atomic E-state index is 13.3. The Labute approximate surface area is 195 Å². The molecule has 0 N–H and O–H groups in total. The molecular formula is C27H32N4O2. The predicted molar refractivity (Wildman–Crippen MR) is 130 cm³/mol. The Balaban J connectivity index is 1.44. The molecule has 2 fully saturated rings. The van der Waals surface area contributed by atoms with Crippen LogP contribution in [0.4, 0.5) is 5.69 Å². The molecule has 5 rings (SSSR count). The number of hydrogen-bond acceptors (Lipinski definition) is 3. The van der Waals surface area contributed by atoms with E-state index in [-0.39, 0.29) is 30.3 Å². The summed E-state index contributed by atoms with van der Waals surface area (Å²) in [7, 11) is 0. The highest BCUT2D eigenvalue weighted by atomic mass is 16.2. The van der Waals surface area contributed by atoms with Crippen LogP contribution in [-0.4, -0.2) is 45.4 Å². The minimum absolute atomic E-state index is 0.0395. The van der Waals surface area contributed by atoms with Crippen molar-refractivity contribution in [1.82, 2.24) is 14.5 Å². The van der Waals surface area contributed by atoms with Gasteiger partial charge in [-0.05, 0) is 62.4 Å². The number of carbonyl (C=O) groups is 2. The van der Waals surface area contributed by atoms with E-state index in [2.05, 4.69) is 30.5 Å². The fourth-order valence-corrected chi connectivity index (χ4v) is 5.31. The van der Waals surface area contributed by atoms with Crippen molar-refractivity contribution in [2.24, 2.45) is 0 Å². The number of rotatable bonds is 5. The molecule has 2 atom stereocenters. The van der Waals surface area contributed by atoms with E-state index in [0.29, 0.717) is 13.0 Å². The molecule has 0 aliphatic carbocycles. The van der Waals surface area contributed by atoms with Crippen molar-refractivity contribution in [1.29, 1.82) is 0 Å². The quantitative estimate of drug-likeness (QED) is 0.581. The van der Waals surface area contributed by atoms with Crippen molar-refractivity contribution in [3.8, 4) is 0 Å². The topological polar surface area (TPSA) is 58.4 Å². The highest BCUT2D eigenvalue weighted by Gasteiger charge is 2.35. The maximum Gasteiger partial charge on any atom is 0.242 e. The van der Waals surface area contributed by atoms with Crippen LogP contribution >= 0.6 is 0 Å². The van der Waals surface area contributed by atoms with Gasteiger partial charge >= 0.3 is 0 Å². The SMILES string of the molecule is CCc1ccc(N2CC(c3nc4ccccc4n3CC(=O)N3CCCCC3C)CC2=O)cc1. The van der Waals surface area contributed by atoms with Crippen LogP contribution in [0.15, 0.2) is 48.5 Å². The first-order valence-electron chi connectivity index (χ1n) is 12.2. The molecule has 2 saturated heterocycles. The van der Waals surface area contributed by atoms with Gasteiger partial charge in [-0.1, -0.05) is 31.2 Å². The second-order valence-electron chi connectivity index (χ2n) is 9.40. The highest BCUT2D eigenvalue weighted by molar-refractivity contribution is 5.96. The number of piperidine rings is 1. The predicted octanol–water partition coefficient (Wildman–Crippen LogP) is 4.52. The first-order valence-corrected chi connectivity index (χ1v) is 12.2. The van der Waals surface area contributed by atoms with Crippen LogP contribution in [0.1, 0.15) is 56.8 Å². The molecule has 0 radical (unpaired) electrons. The lowest BCUT2D eigenvalue weighted by Gasteiger charge is -2.33. The van der Waals surface area contributed by atoms with Gasteiger partial charge in [0, 0.05) is 37.2 Å². The Kier molecular flexibility index (Phi) is 5.92. The lowest BCUT2D eigenvalue weighted by atomic mass is 10.0. The van der Waals surface area contributed by atoms with Gasteiger partial charge in [0.15, 0.2) is 0 Å². The summed E-state index contributed by atoms with van der Waals surface area (Å²) in [6.45, 7) is 5.95. The van der Waals surface area contributed by atoms with Crippen LogP contribution in [0.5, 0.6) is 0 Å². The average Bonchev–Trinajstić information content (AvgIpc) is 3.40. The largest absolute Gasteiger partial charge is 0.338 e. The van der Waals surface area contributed by atoms with E-state index < -0.39 is 0 Å². The van der Waals surface area contributed by atoms with Gasteiger partial charge in [-0.15, -0.1) is 0 Å². The summed E-state index contributed by atoms with van der Waals surface area (Å²) < 4.78 is 2.06. The highest BCUT2D eigenvalue weighted by Crippen LogP contribution is 2.33. The molecule has 6 heteroatoms. The number of fused-ring (bicyclic) bond motifs is 1. The minimum Gasteiger partial charge on any atom is -0.338 e. The van der Waals surface area contributed by atoms with E-state index in [0.717, 1.165) is 48.4 Å². The second-order valence-corrected chi connectivity index (χ2v) is 9.40. The summed E-state index contributed by atoms with van der Waals surface area (Å²) in [5, 5.41) is 0. The Morgan fingerprint density at radius 1 is 1.09 bits per heavy atom. The van der Waals surface area contributed by atoms with Crippen molar-refractivity contribution >= 4 is 28.5 Å². The summed E-state index contributed by atoms with van der Waals surface area (Å²) in [6.07, 6.45) is 4.70. The third kappa shape index (κ3) is 4.14. The van der Waals surface area contributed by atoms with E-state index in [1.54, 1.807) is 0 Å². The molecule has 0 spiro atoms. The number of aromatic nitrogens is 2. The molecule has 2 unspecified atom stereocenters. The molecule has 0 bridgehead atoms. The number of nitrogens with zero attached hydrogens (tertiary/aromatic N) is 4. The zero-order chi connectivity index (χ0) is 22.9. The van der Waals surface area contributed by atoms with Crippen LogP contribution in [-0.2, 0) is 22.6 Å². The molecule has 2 aliphatic heterocycles. The molecular weight excluding hydrogens is 412 g/mol. The second kappa shape index (κ2) is 9.00. The fourth-order valence-electron chi connectivity index (χ4n) is 5.31. The van der Waals surface area contributed by atoms with E-state index >= 15 is 0 Å². The Morgan fingerprint density at radius 3 is 2.64 bits per heavy atom. The van der Waals surface area contributed by atoms with Crippen molar-refractivity contribution < 1.29 is 9.59 Å². The number of likely N-dealkylation sites (tertiary alicyclic amines) is 1. The van der Waals surface area contributed by atoms with Gasteiger partial charge in [0.05, 0.1) is 11.0 Å². The van der Waals surface area contributed by atoms with Gasteiger partial charge in [0.1, 0.15) is 12.4 Å². The monoisotopic (exact) mass is 444 g/mol. The lowest BCUT2D eigenvalue weighted by molar-refractivity contribution is -0.135. The molecule has 2 aromatic carbocycles. The number of benzene rings is 2. The third-order valence-electron chi connectivity index (χ3n) is 7.25. The summed E-state index contributed by atoms with van der Waals surface area (Å²) in [6, 6.07) is 16.5. The maximum atomic E-state index is 13.3. The van der Waals surface area contributed by atoms with Crippen molar-refractivity contribution in [3.63, 3.8) is 0 Å². The van der Waals surface area contributed by atoms with Gasteiger partial charge in [0.25, 0.3) is 0 Å². The average molecular weight is 445 g/mol. The Morgan fingerprint density at radius 2 is 1.88 bits per heavy atom. The molecule has 33 heavy (non-hydrogen) atoms. The van der Waals surface area contributed by atoms with E-state index in [9.17, 15) is 9.59 Å².